The fourth-order valence-corrected chi connectivity index (χ4v) is 3.98. The predicted octanol–water partition coefficient (Wildman–Crippen LogP) is 3.61. The van der Waals surface area contributed by atoms with Crippen molar-refractivity contribution in [3.05, 3.63) is 77.6 Å². The summed E-state index contributed by atoms with van der Waals surface area (Å²) in [5.41, 5.74) is 4.29. The van der Waals surface area contributed by atoms with E-state index in [4.69, 9.17) is 23.7 Å². The summed E-state index contributed by atoms with van der Waals surface area (Å²) in [4.78, 5) is 8.53. The fraction of sp³-hybridized carbons (Fsp3) is 0.267. The minimum atomic E-state index is -0.260. The maximum Gasteiger partial charge on any atom is 2.00 e. The molecule has 2 aromatic heterocycles. The topological polar surface area (TPSA) is 133 Å². The number of ether oxygens (including phenoxy) is 5. The van der Waals surface area contributed by atoms with Crippen LogP contribution in [0.15, 0.2) is 48.8 Å². The Morgan fingerprint density at radius 2 is 1.22 bits per heavy atom. The molecule has 0 saturated carbocycles. The van der Waals surface area contributed by atoms with Gasteiger partial charge in [0.15, 0.2) is 0 Å². The number of aliphatic hydroxyl groups excluding tert-OH is 3. The van der Waals surface area contributed by atoms with Gasteiger partial charge in [-0.25, -0.2) is 0 Å². The van der Waals surface area contributed by atoms with Gasteiger partial charge in [-0.3, -0.25) is 0 Å². The van der Waals surface area contributed by atoms with Crippen molar-refractivity contribution < 1.29 is 60.1 Å². The molecule has 0 aliphatic carbocycles. The summed E-state index contributed by atoms with van der Waals surface area (Å²) in [7, 11) is 7.79. The molecular formula is C30H32N2O8Pt. The Morgan fingerprint density at radius 3 is 1.78 bits per heavy atom. The molecule has 0 amide bonds. The Kier molecular flexibility index (Phi) is 13.5. The van der Waals surface area contributed by atoms with Crippen molar-refractivity contribution in [3.8, 4) is 51.3 Å². The molecule has 2 heterocycles. The smallest absolute Gasteiger partial charge is 0.540 e. The summed E-state index contributed by atoms with van der Waals surface area (Å²) in [6.07, 6.45) is 3.25. The standard InChI is InChI=1S/2C15H16NO4.Pt/c1-17-10-7-8-16-12(9-10)11-5-6-13(18-2)15(20-4)14(11)19-3;1-20-15-3-2-11(12(8-18)13(15)9-19)14-6-10(7-17)4-5-16-14;/h6-9H,1-4H3;3-6,17-19H,7-9H2,1H3;/q2*-1;+2. The molecule has 3 N–H and O–H groups in total. The van der Waals surface area contributed by atoms with Crippen molar-refractivity contribution in [1.82, 2.24) is 9.97 Å². The van der Waals surface area contributed by atoms with Crippen LogP contribution in [0.4, 0.5) is 0 Å². The van der Waals surface area contributed by atoms with Crippen LogP contribution < -0.4 is 23.7 Å². The first-order chi connectivity index (χ1) is 19.5. The molecule has 0 saturated heterocycles. The summed E-state index contributed by atoms with van der Waals surface area (Å²) in [5, 5.41) is 28.2. The average Bonchev–Trinajstić information content (AvgIpc) is 3.03. The van der Waals surface area contributed by atoms with E-state index < -0.39 is 0 Å². The van der Waals surface area contributed by atoms with Gasteiger partial charge < -0.3 is 49.0 Å². The van der Waals surface area contributed by atoms with E-state index in [1.807, 2.05) is 0 Å². The van der Waals surface area contributed by atoms with Gasteiger partial charge in [-0.15, -0.1) is 29.8 Å². The number of nitrogens with zero attached hydrogens (tertiary/aromatic N) is 2. The largest absolute Gasteiger partial charge is 2.00 e. The quantitative estimate of drug-likeness (QED) is 0.207. The van der Waals surface area contributed by atoms with Gasteiger partial charge in [0.25, 0.3) is 0 Å². The second-order valence-corrected chi connectivity index (χ2v) is 8.09. The van der Waals surface area contributed by atoms with E-state index in [1.165, 1.54) is 7.11 Å². The Labute approximate surface area is 253 Å². The number of benzene rings is 2. The maximum atomic E-state index is 9.57. The molecule has 10 nitrogen and oxygen atoms in total. The second kappa shape index (κ2) is 16.5. The normalized spacial score (nSPS) is 10.0. The summed E-state index contributed by atoms with van der Waals surface area (Å²) in [5.74, 6) is 2.76. The Hall–Kier alpha value is -3.69. The summed E-state index contributed by atoms with van der Waals surface area (Å²) < 4.78 is 26.4. The van der Waals surface area contributed by atoms with E-state index in [0.29, 0.717) is 68.0 Å². The molecule has 4 rings (SSSR count). The number of hydrogen-bond acceptors (Lipinski definition) is 10. The van der Waals surface area contributed by atoms with Crippen LogP contribution in [0, 0.1) is 12.1 Å². The molecule has 0 aliphatic heterocycles. The third kappa shape index (κ3) is 7.74. The molecule has 0 aliphatic rings. The zero-order valence-electron chi connectivity index (χ0n) is 23.3. The Balaban J connectivity index is 0.000000280. The van der Waals surface area contributed by atoms with Crippen molar-refractivity contribution in [3.63, 3.8) is 0 Å². The van der Waals surface area contributed by atoms with E-state index in [9.17, 15) is 15.3 Å². The van der Waals surface area contributed by atoms with E-state index in [-0.39, 0.29) is 40.9 Å². The molecule has 0 radical (unpaired) electrons. The maximum absolute atomic E-state index is 9.57. The molecule has 0 atom stereocenters. The molecule has 0 fully saturated rings. The minimum Gasteiger partial charge on any atom is -0.540 e. The molecule has 0 bridgehead atoms. The van der Waals surface area contributed by atoms with Crippen molar-refractivity contribution >= 4 is 0 Å². The van der Waals surface area contributed by atoms with Crippen LogP contribution >= 0.6 is 0 Å². The first kappa shape index (κ1) is 33.5. The van der Waals surface area contributed by atoms with Gasteiger partial charge >= 0.3 is 21.1 Å². The van der Waals surface area contributed by atoms with Crippen molar-refractivity contribution in [2.75, 3.05) is 35.5 Å². The van der Waals surface area contributed by atoms with Crippen LogP contribution in [-0.2, 0) is 40.9 Å². The van der Waals surface area contributed by atoms with Crippen molar-refractivity contribution in [2.45, 2.75) is 19.8 Å². The number of methoxy groups -OCH3 is 5. The first-order valence-electron chi connectivity index (χ1n) is 12.1. The predicted molar refractivity (Wildman–Crippen MR) is 148 cm³/mol. The Morgan fingerprint density at radius 1 is 0.634 bits per heavy atom. The van der Waals surface area contributed by atoms with Gasteiger partial charge in [-0.1, -0.05) is 22.8 Å². The van der Waals surface area contributed by atoms with Crippen LogP contribution in [0.1, 0.15) is 16.7 Å². The monoisotopic (exact) mass is 743 g/mol. The average molecular weight is 744 g/mol. The SMILES string of the molecule is COc1c[c-]c(-c2cc(CO)ccn2)c(CO)c1CO.COc1ccnc(-c2[c-]cc(OC)c(OC)c2OC)c1.[Pt+2]. The van der Waals surface area contributed by atoms with Crippen LogP contribution in [-0.4, -0.2) is 60.8 Å². The third-order valence-electron chi connectivity index (χ3n) is 5.97. The van der Waals surface area contributed by atoms with Gasteiger partial charge in [0.1, 0.15) is 11.5 Å². The van der Waals surface area contributed by atoms with Crippen LogP contribution in [0.25, 0.3) is 22.5 Å². The summed E-state index contributed by atoms with van der Waals surface area (Å²) >= 11 is 0. The summed E-state index contributed by atoms with van der Waals surface area (Å²) in [6.45, 7) is -0.600. The molecule has 2 aromatic carbocycles. The van der Waals surface area contributed by atoms with Gasteiger partial charge in [0.05, 0.1) is 60.3 Å². The van der Waals surface area contributed by atoms with E-state index >= 15 is 0 Å². The van der Waals surface area contributed by atoms with Crippen molar-refractivity contribution in [1.29, 1.82) is 0 Å². The molecule has 11 heteroatoms. The zero-order valence-corrected chi connectivity index (χ0v) is 25.6. The molecule has 220 valence electrons. The third-order valence-corrected chi connectivity index (χ3v) is 5.97. The molecular weight excluding hydrogens is 711 g/mol. The van der Waals surface area contributed by atoms with Crippen LogP contribution in [0.5, 0.6) is 28.7 Å². The Bertz CT molecular complexity index is 1310. The number of hydrogen-bond donors (Lipinski definition) is 3. The molecule has 0 spiro atoms. The second-order valence-electron chi connectivity index (χ2n) is 8.09. The van der Waals surface area contributed by atoms with Gasteiger partial charge in [-0.05, 0) is 35.2 Å². The molecule has 4 aromatic rings. The molecule has 0 unspecified atom stereocenters. The fourth-order valence-electron chi connectivity index (χ4n) is 3.98. The summed E-state index contributed by atoms with van der Waals surface area (Å²) in [6, 6.07) is 16.4. The first-order valence-corrected chi connectivity index (χ1v) is 12.1. The molecule has 41 heavy (non-hydrogen) atoms. The van der Waals surface area contributed by atoms with Crippen molar-refractivity contribution in [2.24, 2.45) is 0 Å². The van der Waals surface area contributed by atoms with Gasteiger partial charge in [-0.2, -0.15) is 0 Å². The zero-order chi connectivity index (χ0) is 29.1. The van der Waals surface area contributed by atoms with Gasteiger partial charge in [0, 0.05) is 24.8 Å². The van der Waals surface area contributed by atoms with Crippen LogP contribution in [0.2, 0.25) is 0 Å². The number of pyridine rings is 2. The van der Waals surface area contributed by atoms with E-state index in [1.54, 1.807) is 77.2 Å². The van der Waals surface area contributed by atoms with Crippen LogP contribution in [0.3, 0.4) is 0 Å². The number of aromatic nitrogens is 2. The number of aliphatic hydroxyl groups is 3. The van der Waals surface area contributed by atoms with E-state index in [2.05, 4.69) is 22.1 Å². The van der Waals surface area contributed by atoms with E-state index in [0.717, 1.165) is 0 Å². The number of rotatable bonds is 10. The minimum absolute atomic E-state index is 0. The van der Waals surface area contributed by atoms with Gasteiger partial charge in [0.2, 0.25) is 0 Å².